The Morgan fingerprint density at radius 3 is 3.06 bits per heavy atom. The first-order valence-corrected chi connectivity index (χ1v) is 6.98. The molecule has 0 radical (unpaired) electrons. The fourth-order valence-corrected chi connectivity index (χ4v) is 2.30. The lowest BCUT2D eigenvalue weighted by Gasteiger charge is -2.21. The fraction of sp³-hybridized carbons (Fsp3) is 0.667. The van der Waals surface area contributed by atoms with Crippen LogP contribution in [0.3, 0.4) is 0 Å². The van der Waals surface area contributed by atoms with Crippen LogP contribution in [-0.2, 0) is 11.2 Å². The summed E-state index contributed by atoms with van der Waals surface area (Å²) in [7, 11) is 0. The molecule has 5 nitrogen and oxygen atoms in total. The molecule has 1 aliphatic rings. The summed E-state index contributed by atoms with van der Waals surface area (Å²) < 4.78 is 5.96. The van der Waals surface area contributed by atoms with Crippen LogP contribution < -0.4 is 5.32 Å². The first-order chi connectivity index (χ1) is 8.61. The molecule has 1 aliphatic heterocycles. The molecule has 1 fully saturated rings. The van der Waals surface area contributed by atoms with Gasteiger partial charge in [0.2, 0.25) is 0 Å². The molecule has 0 bridgehead atoms. The Hall–Kier alpha value is -0.720. The Bertz CT molecular complexity index is 408. The monoisotopic (exact) mass is 315 g/mol. The Balaban J connectivity index is 2.00. The standard InChI is InChI=1S/C12H18BrN3O2/c1-2-3-10-15-9(13)6-11(16-10)14-7-12(17)4-5-18-8-12/h6,17H,2-5,7-8H2,1H3,(H,14,15,16). The molecule has 0 saturated carbocycles. The highest BCUT2D eigenvalue weighted by Crippen LogP contribution is 2.20. The van der Waals surface area contributed by atoms with Gasteiger partial charge in [0.1, 0.15) is 21.8 Å². The summed E-state index contributed by atoms with van der Waals surface area (Å²) in [5.74, 6) is 1.55. The molecular formula is C12H18BrN3O2. The third-order valence-electron chi connectivity index (χ3n) is 2.90. The highest BCUT2D eigenvalue weighted by molar-refractivity contribution is 9.10. The van der Waals surface area contributed by atoms with E-state index in [2.05, 4.69) is 38.1 Å². The third-order valence-corrected chi connectivity index (χ3v) is 3.30. The van der Waals surface area contributed by atoms with Crippen LogP contribution in [0.4, 0.5) is 5.82 Å². The molecule has 0 spiro atoms. The van der Waals surface area contributed by atoms with E-state index in [-0.39, 0.29) is 0 Å². The first kappa shape index (κ1) is 13.7. The van der Waals surface area contributed by atoms with Gasteiger partial charge in [-0.15, -0.1) is 0 Å². The summed E-state index contributed by atoms with van der Waals surface area (Å²) in [6.07, 6.45) is 2.52. The third kappa shape index (κ3) is 3.63. The predicted octanol–water partition coefficient (Wildman–Crippen LogP) is 1.75. The maximum atomic E-state index is 10.2. The maximum absolute atomic E-state index is 10.2. The van der Waals surface area contributed by atoms with Gasteiger partial charge in [0.15, 0.2) is 0 Å². The van der Waals surface area contributed by atoms with E-state index in [0.717, 1.165) is 29.1 Å². The van der Waals surface area contributed by atoms with Crippen molar-refractivity contribution in [1.29, 1.82) is 0 Å². The van der Waals surface area contributed by atoms with Crippen molar-refractivity contribution in [2.75, 3.05) is 25.1 Å². The van der Waals surface area contributed by atoms with E-state index in [1.165, 1.54) is 0 Å². The molecule has 0 amide bonds. The average Bonchev–Trinajstić information content (AvgIpc) is 2.74. The Morgan fingerprint density at radius 1 is 1.56 bits per heavy atom. The number of rotatable bonds is 5. The van der Waals surface area contributed by atoms with Crippen LogP contribution in [0.25, 0.3) is 0 Å². The Morgan fingerprint density at radius 2 is 2.39 bits per heavy atom. The molecule has 1 unspecified atom stereocenters. The van der Waals surface area contributed by atoms with Crippen LogP contribution in [0.1, 0.15) is 25.6 Å². The second kappa shape index (κ2) is 5.95. The fourth-order valence-electron chi connectivity index (χ4n) is 1.88. The van der Waals surface area contributed by atoms with Crippen LogP contribution in [0.2, 0.25) is 0 Å². The molecule has 6 heteroatoms. The van der Waals surface area contributed by atoms with Gasteiger partial charge in [-0.25, -0.2) is 9.97 Å². The molecule has 2 heterocycles. The molecule has 1 atom stereocenters. The van der Waals surface area contributed by atoms with Crippen molar-refractivity contribution in [1.82, 2.24) is 9.97 Å². The van der Waals surface area contributed by atoms with Gasteiger partial charge in [-0.05, 0) is 22.4 Å². The number of nitrogens with one attached hydrogen (secondary N) is 1. The van der Waals surface area contributed by atoms with Gasteiger partial charge >= 0.3 is 0 Å². The van der Waals surface area contributed by atoms with E-state index in [1.807, 2.05) is 6.07 Å². The van der Waals surface area contributed by atoms with Crippen LogP contribution in [0.5, 0.6) is 0 Å². The van der Waals surface area contributed by atoms with Crippen molar-refractivity contribution in [2.45, 2.75) is 31.8 Å². The molecular weight excluding hydrogens is 298 g/mol. The van der Waals surface area contributed by atoms with Crippen molar-refractivity contribution in [3.63, 3.8) is 0 Å². The number of ether oxygens (including phenoxy) is 1. The summed E-state index contributed by atoms with van der Waals surface area (Å²) in [5.41, 5.74) is -0.775. The second-order valence-corrected chi connectivity index (χ2v) is 5.44. The zero-order valence-electron chi connectivity index (χ0n) is 10.4. The van der Waals surface area contributed by atoms with Crippen LogP contribution in [0, 0.1) is 0 Å². The lowest BCUT2D eigenvalue weighted by molar-refractivity contribution is 0.0381. The number of nitrogens with zero attached hydrogens (tertiary/aromatic N) is 2. The molecule has 18 heavy (non-hydrogen) atoms. The highest BCUT2D eigenvalue weighted by atomic mass is 79.9. The summed E-state index contributed by atoms with van der Waals surface area (Å²) in [5, 5.41) is 13.3. The molecule has 1 aromatic rings. The summed E-state index contributed by atoms with van der Waals surface area (Å²) in [6, 6.07) is 1.82. The summed E-state index contributed by atoms with van der Waals surface area (Å²) in [6.45, 7) is 3.54. The number of aromatic nitrogens is 2. The lowest BCUT2D eigenvalue weighted by atomic mass is 10.0. The number of anilines is 1. The van der Waals surface area contributed by atoms with E-state index in [0.29, 0.717) is 26.2 Å². The number of aryl methyl sites for hydroxylation is 1. The van der Waals surface area contributed by atoms with Gasteiger partial charge in [0.25, 0.3) is 0 Å². The van der Waals surface area contributed by atoms with Gasteiger partial charge < -0.3 is 15.2 Å². The van der Waals surface area contributed by atoms with Crippen molar-refractivity contribution < 1.29 is 9.84 Å². The van der Waals surface area contributed by atoms with Crippen molar-refractivity contribution in [2.24, 2.45) is 0 Å². The SMILES string of the molecule is CCCc1nc(Br)cc(NCC2(O)CCOC2)n1. The van der Waals surface area contributed by atoms with E-state index in [1.54, 1.807) is 0 Å². The maximum Gasteiger partial charge on any atom is 0.132 e. The van der Waals surface area contributed by atoms with Crippen LogP contribution in [0.15, 0.2) is 10.7 Å². The molecule has 0 aliphatic carbocycles. The number of hydrogen-bond acceptors (Lipinski definition) is 5. The topological polar surface area (TPSA) is 67.3 Å². The minimum Gasteiger partial charge on any atom is -0.386 e. The van der Waals surface area contributed by atoms with Crippen molar-refractivity contribution >= 4 is 21.7 Å². The predicted molar refractivity (Wildman–Crippen MR) is 72.6 cm³/mol. The number of halogens is 1. The van der Waals surface area contributed by atoms with Gasteiger partial charge in [-0.2, -0.15) is 0 Å². The molecule has 0 aromatic carbocycles. The molecule has 1 aromatic heterocycles. The Labute approximate surface area is 115 Å². The highest BCUT2D eigenvalue weighted by Gasteiger charge is 2.32. The van der Waals surface area contributed by atoms with E-state index in [4.69, 9.17) is 4.74 Å². The minimum absolute atomic E-state index is 0.383. The largest absolute Gasteiger partial charge is 0.386 e. The lowest BCUT2D eigenvalue weighted by Crippen LogP contribution is -2.37. The molecule has 100 valence electrons. The zero-order chi connectivity index (χ0) is 13.0. The average molecular weight is 316 g/mol. The van der Waals surface area contributed by atoms with Crippen molar-refractivity contribution in [3.05, 3.63) is 16.5 Å². The van der Waals surface area contributed by atoms with Crippen LogP contribution >= 0.6 is 15.9 Å². The van der Waals surface area contributed by atoms with E-state index >= 15 is 0 Å². The van der Waals surface area contributed by atoms with Crippen molar-refractivity contribution in [3.8, 4) is 0 Å². The molecule has 2 rings (SSSR count). The molecule has 1 saturated heterocycles. The van der Waals surface area contributed by atoms with Gasteiger partial charge in [0.05, 0.1) is 6.61 Å². The molecule has 2 N–H and O–H groups in total. The quantitative estimate of drug-likeness (QED) is 0.810. The van der Waals surface area contributed by atoms with Gasteiger partial charge in [-0.1, -0.05) is 6.92 Å². The number of aliphatic hydroxyl groups is 1. The Kier molecular flexibility index (Phi) is 4.53. The minimum atomic E-state index is -0.775. The van der Waals surface area contributed by atoms with Gasteiger partial charge in [0, 0.05) is 32.1 Å². The van der Waals surface area contributed by atoms with E-state index < -0.39 is 5.60 Å². The second-order valence-electron chi connectivity index (χ2n) is 4.62. The number of hydrogen-bond donors (Lipinski definition) is 2. The smallest absolute Gasteiger partial charge is 0.132 e. The normalized spacial score (nSPS) is 23.3. The zero-order valence-corrected chi connectivity index (χ0v) is 12.0. The summed E-state index contributed by atoms with van der Waals surface area (Å²) >= 11 is 3.37. The van der Waals surface area contributed by atoms with E-state index in [9.17, 15) is 5.11 Å². The van der Waals surface area contributed by atoms with Gasteiger partial charge in [-0.3, -0.25) is 0 Å². The van der Waals surface area contributed by atoms with Crippen LogP contribution in [-0.4, -0.2) is 40.4 Å². The first-order valence-electron chi connectivity index (χ1n) is 6.19. The summed E-state index contributed by atoms with van der Waals surface area (Å²) in [4.78, 5) is 8.71.